The molecule has 0 fully saturated rings. The van der Waals surface area contributed by atoms with E-state index in [0.29, 0.717) is 25.5 Å². The van der Waals surface area contributed by atoms with Crippen LogP contribution in [-0.2, 0) is 17.6 Å². The van der Waals surface area contributed by atoms with E-state index in [-0.39, 0.29) is 5.91 Å². The quantitative estimate of drug-likeness (QED) is 0.362. The van der Waals surface area contributed by atoms with E-state index in [1.165, 1.54) is 4.88 Å². The molecule has 3 N–H and O–H groups in total. The minimum absolute atomic E-state index is 0.0777. The Morgan fingerprint density at radius 2 is 2.21 bits per heavy atom. The average Bonchev–Trinajstić information content (AvgIpc) is 3.20. The van der Waals surface area contributed by atoms with Gasteiger partial charge in [-0.05, 0) is 54.0 Å². The number of hydrogen-bond acceptors (Lipinski definition) is 4. The first kappa shape index (κ1) is 20.2. The summed E-state index contributed by atoms with van der Waals surface area (Å²) in [6, 6.07) is 10.1. The van der Waals surface area contributed by atoms with Gasteiger partial charge in [-0.3, -0.25) is 9.79 Å². The maximum Gasteiger partial charge on any atom is 0.224 e. The number of ether oxygens (including phenoxy) is 1. The van der Waals surface area contributed by atoms with Gasteiger partial charge >= 0.3 is 0 Å². The summed E-state index contributed by atoms with van der Waals surface area (Å²) in [7, 11) is 1.78. The Bertz CT molecular complexity index is 805. The SMILES string of the molecule is CN=C(NCCOc1ccc2c(c1)CCC(=O)N2)NCC(C)Cc1cccs1. The fourth-order valence-corrected chi connectivity index (χ4v) is 3.99. The van der Waals surface area contributed by atoms with Crippen molar-refractivity contribution < 1.29 is 9.53 Å². The van der Waals surface area contributed by atoms with E-state index in [2.05, 4.69) is 45.4 Å². The molecule has 1 atom stereocenters. The van der Waals surface area contributed by atoms with Crippen LogP contribution in [-0.4, -0.2) is 38.6 Å². The van der Waals surface area contributed by atoms with Crippen molar-refractivity contribution in [3.8, 4) is 5.75 Å². The monoisotopic (exact) mass is 400 g/mol. The number of guanidine groups is 1. The molecule has 1 unspecified atom stereocenters. The van der Waals surface area contributed by atoms with Crippen molar-refractivity contribution in [2.45, 2.75) is 26.2 Å². The number of aliphatic imine (C=N–C) groups is 1. The lowest BCUT2D eigenvalue weighted by atomic mass is 10.0. The normalized spacial score (nSPS) is 14.8. The van der Waals surface area contributed by atoms with Crippen LogP contribution >= 0.6 is 11.3 Å². The topological polar surface area (TPSA) is 74.8 Å². The molecule has 1 amide bonds. The molecule has 7 heteroatoms. The number of anilines is 1. The van der Waals surface area contributed by atoms with Crippen molar-refractivity contribution in [2.75, 3.05) is 32.1 Å². The summed E-state index contributed by atoms with van der Waals surface area (Å²) < 4.78 is 5.83. The van der Waals surface area contributed by atoms with Crippen LogP contribution in [0.5, 0.6) is 5.75 Å². The minimum Gasteiger partial charge on any atom is -0.492 e. The molecule has 0 bridgehead atoms. The lowest BCUT2D eigenvalue weighted by Crippen LogP contribution is -2.41. The third kappa shape index (κ3) is 5.99. The molecular formula is C21H28N4O2S. The number of carbonyl (C=O) groups is 1. The van der Waals surface area contributed by atoms with E-state index < -0.39 is 0 Å². The molecule has 1 aliphatic rings. The maximum atomic E-state index is 11.4. The van der Waals surface area contributed by atoms with Crippen molar-refractivity contribution in [3.63, 3.8) is 0 Å². The number of carbonyl (C=O) groups excluding carboxylic acids is 1. The van der Waals surface area contributed by atoms with E-state index in [1.807, 2.05) is 18.2 Å². The molecule has 150 valence electrons. The van der Waals surface area contributed by atoms with E-state index in [4.69, 9.17) is 4.74 Å². The van der Waals surface area contributed by atoms with Gasteiger partial charge in [0.1, 0.15) is 12.4 Å². The number of nitrogens with zero attached hydrogens (tertiary/aromatic N) is 1. The van der Waals surface area contributed by atoms with Crippen LogP contribution in [0.15, 0.2) is 40.7 Å². The highest BCUT2D eigenvalue weighted by atomic mass is 32.1. The molecule has 1 aromatic heterocycles. The van der Waals surface area contributed by atoms with Gasteiger partial charge < -0.3 is 20.7 Å². The third-order valence-corrected chi connectivity index (χ3v) is 5.51. The summed E-state index contributed by atoms with van der Waals surface area (Å²) in [5.41, 5.74) is 2.02. The number of rotatable bonds is 8. The van der Waals surface area contributed by atoms with Gasteiger partial charge in [0.2, 0.25) is 5.91 Å². The van der Waals surface area contributed by atoms with Gasteiger partial charge in [0.15, 0.2) is 5.96 Å². The highest BCUT2D eigenvalue weighted by Crippen LogP contribution is 2.26. The number of thiophene rings is 1. The van der Waals surface area contributed by atoms with Crippen LogP contribution < -0.4 is 20.7 Å². The molecular weight excluding hydrogens is 372 g/mol. The van der Waals surface area contributed by atoms with E-state index in [1.54, 1.807) is 18.4 Å². The largest absolute Gasteiger partial charge is 0.492 e. The van der Waals surface area contributed by atoms with Crippen LogP contribution in [0.2, 0.25) is 0 Å². The summed E-state index contributed by atoms with van der Waals surface area (Å²) >= 11 is 1.80. The molecule has 1 aromatic carbocycles. The number of fused-ring (bicyclic) bond motifs is 1. The van der Waals surface area contributed by atoms with Crippen LogP contribution in [0.4, 0.5) is 5.69 Å². The second kappa shape index (κ2) is 10.1. The van der Waals surface area contributed by atoms with Crippen molar-refractivity contribution in [2.24, 2.45) is 10.9 Å². The highest BCUT2D eigenvalue weighted by Gasteiger charge is 2.15. The first-order chi connectivity index (χ1) is 13.6. The zero-order valence-electron chi connectivity index (χ0n) is 16.5. The number of nitrogens with one attached hydrogen (secondary N) is 3. The molecule has 28 heavy (non-hydrogen) atoms. The lowest BCUT2D eigenvalue weighted by molar-refractivity contribution is -0.116. The van der Waals surface area contributed by atoms with Gasteiger partial charge in [-0.25, -0.2) is 0 Å². The Morgan fingerprint density at radius 3 is 3.00 bits per heavy atom. The Labute approximate surface area is 170 Å². The molecule has 1 aliphatic heterocycles. The predicted molar refractivity (Wildman–Crippen MR) is 115 cm³/mol. The lowest BCUT2D eigenvalue weighted by Gasteiger charge is -2.18. The van der Waals surface area contributed by atoms with Crippen molar-refractivity contribution in [3.05, 3.63) is 46.2 Å². The molecule has 0 spiro atoms. The maximum absolute atomic E-state index is 11.4. The second-order valence-electron chi connectivity index (χ2n) is 6.98. The Kier molecular flexibility index (Phi) is 7.31. The molecule has 6 nitrogen and oxygen atoms in total. The summed E-state index contributed by atoms with van der Waals surface area (Å²) in [4.78, 5) is 17.1. The summed E-state index contributed by atoms with van der Waals surface area (Å²) in [5.74, 6) is 2.22. The van der Waals surface area contributed by atoms with E-state index in [0.717, 1.165) is 42.3 Å². The third-order valence-electron chi connectivity index (χ3n) is 4.61. The van der Waals surface area contributed by atoms with Gasteiger partial charge in [-0.1, -0.05) is 13.0 Å². The second-order valence-corrected chi connectivity index (χ2v) is 8.02. The molecule has 3 rings (SSSR count). The van der Waals surface area contributed by atoms with Crippen LogP contribution in [0, 0.1) is 5.92 Å². The summed E-state index contributed by atoms with van der Waals surface area (Å²) in [5, 5.41) is 11.7. The standard InChI is InChI=1S/C21H28N4O2S/c1-15(12-18-4-3-11-28-18)14-24-21(22-2)23-9-10-27-17-6-7-19-16(13-17)5-8-20(26)25-19/h3-4,6-7,11,13,15H,5,8-10,12,14H2,1-2H3,(H,25,26)(H2,22,23,24). The Balaban J connectivity index is 1.36. The van der Waals surface area contributed by atoms with Crippen LogP contribution in [0.1, 0.15) is 23.8 Å². The van der Waals surface area contributed by atoms with Gasteiger partial charge in [-0.15, -0.1) is 11.3 Å². The zero-order chi connectivity index (χ0) is 19.8. The Hall–Kier alpha value is -2.54. The number of benzene rings is 1. The van der Waals surface area contributed by atoms with Gasteiger partial charge in [0.05, 0.1) is 6.54 Å². The molecule has 2 heterocycles. The predicted octanol–water partition coefficient (Wildman–Crippen LogP) is 3.06. The summed E-state index contributed by atoms with van der Waals surface area (Å²) in [6.45, 7) is 4.31. The Morgan fingerprint density at radius 1 is 1.32 bits per heavy atom. The van der Waals surface area contributed by atoms with Crippen molar-refractivity contribution >= 4 is 28.9 Å². The molecule has 0 saturated heterocycles. The van der Waals surface area contributed by atoms with Crippen molar-refractivity contribution in [1.82, 2.24) is 10.6 Å². The molecule has 0 saturated carbocycles. The molecule has 2 aromatic rings. The number of aryl methyl sites for hydroxylation is 1. The average molecular weight is 401 g/mol. The van der Waals surface area contributed by atoms with Crippen LogP contribution in [0.3, 0.4) is 0 Å². The first-order valence-corrected chi connectivity index (χ1v) is 10.5. The van der Waals surface area contributed by atoms with E-state index >= 15 is 0 Å². The highest BCUT2D eigenvalue weighted by molar-refractivity contribution is 7.09. The van der Waals surface area contributed by atoms with Crippen LogP contribution in [0.25, 0.3) is 0 Å². The minimum atomic E-state index is 0.0777. The number of hydrogen-bond donors (Lipinski definition) is 3. The number of amides is 1. The summed E-state index contributed by atoms with van der Waals surface area (Å²) in [6.07, 6.45) is 2.37. The fourth-order valence-electron chi connectivity index (χ4n) is 3.12. The van der Waals surface area contributed by atoms with Crippen molar-refractivity contribution in [1.29, 1.82) is 0 Å². The smallest absolute Gasteiger partial charge is 0.224 e. The fraction of sp³-hybridized carbons (Fsp3) is 0.429. The molecule has 0 radical (unpaired) electrons. The molecule has 0 aliphatic carbocycles. The van der Waals surface area contributed by atoms with Gasteiger partial charge in [0, 0.05) is 30.6 Å². The van der Waals surface area contributed by atoms with Gasteiger partial charge in [-0.2, -0.15) is 0 Å². The zero-order valence-corrected chi connectivity index (χ0v) is 17.3. The first-order valence-electron chi connectivity index (χ1n) is 9.66. The van der Waals surface area contributed by atoms with E-state index in [9.17, 15) is 4.79 Å². The van der Waals surface area contributed by atoms with Gasteiger partial charge in [0.25, 0.3) is 0 Å².